The average molecular weight is 260 g/mol. The molecular weight excluding hydrogens is 240 g/mol. The summed E-state index contributed by atoms with van der Waals surface area (Å²) in [6.07, 6.45) is 2.37. The van der Waals surface area contributed by atoms with Gasteiger partial charge in [-0.2, -0.15) is 5.10 Å². The largest absolute Gasteiger partial charge is 0.485 e. The van der Waals surface area contributed by atoms with Gasteiger partial charge in [0.2, 0.25) is 0 Å². The summed E-state index contributed by atoms with van der Waals surface area (Å²) in [7, 11) is 0. The highest BCUT2D eigenvalue weighted by atomic mass is 16.5. The molecule has 2 rings (SSSR count). The molecule has 102 valence electrons. The van der Waals surface area contributed by atoms with Crippen molar-refractivity contribution in [3.8, 4) is 5.75 Å². The number of nitrogens with zero attached hydrogens (tertiary/aromatic N) is 3. The number of nitrogens with two attached hydrogens (primary N) is 1. The van der Waals surface area contributed by atoms with Gasteiger partial charge in [-0.25, -0.2) is 9.67 Å². The van der Waals surface area contributed by atoms with Gasteiger partial charge in [0.05, 0.1) is 0 Å². The van der Waals surface area contributed by atoms with E-state index in [9.17, 15) is 0 Å². The minimum absolute atomic E-state index is 0.425. The van der Waals surface area contributed by atoms with Gasteiger partial charge in [0, 0.05) is 6.54 Å². The molecule has 0 aliphatic rings. The molecule has 0 amide bonds. The third kappa shape index (κ3) is 3.32. The molecule has 1 aromatic heterocycles. The van der Waals surface area contributed by atoms with Crippen molar-refractivity contribution in [2.24, 2.45) is 5.73 Å². The van der Waals surface area contributed by atoms with Gasteiger partial charge in [0.25, 0.3) is 0 Å². The van der Waals surface area contributed by atoms with E-state index in [1.54, 1.807) is 6.33 Å². The van der Waals surface area contributed by atoms with Gasteiger partial charge >= 0.3 is 0 Å². The summed E-state index contributed by atoms with van der Waals surface area (Å²) < 4.78 is 7.68. The smallest absolute Gasteiger partial charge is 0.164 e. The molecule has 19 heavy (non-hydrogen) atoms. The molecule has 0 radical (unpaired) electrons. The van der Waals surface area contributed by atoms with E-state index >= 15 is 0 Å². The lowest BCUT2D eigenvalue weighted by atomic mass is 10.1. The Balaban J connectivity index is 2.10. The molecule has 0 bridgehead atoms. The van der Waals surface area contributed by atoms with E-state index in [1.165, 1.54) is 5.56 Å². The van der Waals surface area contributed by atoms with Crippen molar-refractivity contribution in [3.63, 3.8) is 0 Å². The van der Waals surface area contributed by atoms with Crippen molar-refractivity contribution >= 4 is 0 Å². The van der Waals surface area contributed by atoms with Crippen LogP contribution in [0.4, 0.5) is 0 Å². The number of aromatic nitrogens is 3. The summed E-state index contributed by atoms with van der Waals surface area (Å²) in [5.41, 5.74) is 7.99. The van der Waals surface area contributed by atoms with Gasteiger partial charge in [0.1, 0.15) is 18.7 Å². The second-order valence-electron chi connectivity index (χ2n) is 4.43. The number of ether oxygens (including phenoxy) is 1. The highest BCUT2D eigenvalue weighted by Crippen LogP contribution is 2.21. The van der Waals surface area contributed by atoms with Crippen LogP contribution >= 0.6 is 0 Å². The van der Waals surface area contributed by atoms with E-state index in [4.69, 9.17) is 10.5 Å². The topological polar surface area (TPSA) is 66.0 Å². The molecule has 0 aliphatic carbocycles. The molecule has 0 unspecified atom stereocenters. The second kappa shape index (κ2) is 6.33. The van der Waals surface area contributed by atoms with Gasteiger partial charge in [-0.05, 0) is 38.4 Å². The maximum absolute atomic E-state index is 5.85. The third-order valence-corrected chi connectivity index (χ3v) is 2.98. The Morgan fingerprint density at radius 3 is 2.95 bits per heavy atom. The lowest BCUT2D eigenvalue weighted by molar-refractivity contribution is 0.284. The lowest BCUT2D eigenvalue weighted by Gasteiger charge is -2.12. The maximum atomic E-state index is 5.85. The molecule has 1 heterocycles. The minimum atomic E-state index is 0.425. The van der Waals surface area contributed by atoms with Crippen LogP contribution in [-0.4, -0.2) is 21.3 Å². The molecule has 0 fully saturated rings. The van der Waals surface area contributed by atoms with E-state index in [-0.39, 0.29) is 0 Å². The van der Waals surface area contributed by atoms with Crippen LogP contribution in [-0.2, 0) is 19.6 Å². The molecule has 5 nitrogen and oxygen atoms in total. The number of rotatable bonds is 6. The van der Waals surface area contributed by atoms with Gasteiger partial charge in [-0.3, -0.25) is 0 Å². The molecule has 0 spiro atoms. The maximum Gasteiger partial charge on any atom is 0.164 e. The van der Waals surface area contributed by atoms with Crippen LogP contribution in [0.5, 0.6) is 5.75 Å². The molecule has 0 saturated heterocycles. The van der Waals surface area contributed by atoms with Gasteiger partial charge in [-0.15, -0.1) is 0 Å². The fourth-order valence-electron chi connectivity index (χ4n) is 2.01. The number of hydrogen-bond donors (Lipinski definition) is 1. The summed E-state index contributed by atoms with van der Waals surface area (Å²) in [6.45, 7) is 5.93. The normalized spacial score (nSPS) is 10.7. The summed E-state index contributed by atoms with van der Waals surface area (Å²) in [6, 6.07) is 6.15. The summed E-state index contributed by atoms with van der Waals surface area (Å²) in [4.78, 5) is 4.20. The molecule has 2 aromatic rings. The van der Waals surface area contributed by atoms with Crippen LogP contribution in [0.25, 0.3) is 0 Å². The summed E-state index contributed by atoms with van der Waals surface area (Å²) >= 11 is 0. The molecule has 2 N–H and O–H groups in total. The number of benzene rings is 1. The van der Waals surface area contributed by atoms with Crippen molar-refractivity contribution in [1.29, 1.82) is 0 Å². The van der Waals surface area contributed by atoms with Gasteiger partial charge in [-0.1, -0.05) is 17.7 Å². The molecular formula is C14H20N4O. The van der Waals surface area contributed by atoms with Crippen molar-refractivity contribution < 1.29 is 4.74 Å². The van der Waals surface area contributed by atoms with E-state index < -0.39 is 0 Å². The first-order chi connectivity index (χ1) is 9.24. The van der Waals surface area contributed by atoms with E-state index in [0.717, 1.165) is 30.1 Å². The SMILES string of the molecule is CCn1ncnc1COc1ccc(C)cc1CCN. The predicted octanol–water partition coefficient (Wildman–Crippen LogP) is 1.69. The van der Waals surface area contributed by atoms with Crippen molar-refractivity contribution in [2.75, 3.05) is 6.54 Å². The Kier molecular flexibility index (Phi) is 4.52. The van der Waals surface area contributed by atoms with Crippen molar-refractivity contribution in [2.45, 2.75) is 33.4 Å². The molecule has 0 atom stereocenters. The van der Waals surface area contributed by atoms with Crippen LogP contribution in [0.2, 0.25) is 0 Å². The zero-order chi connectivity index (χ0) is 13.7. The van der Waals surface area contributed by atoms with E-state index in [2.05, 4.69) is 23.1 Å². The van der Waals surface area contributed by atoms with Gasteiger partial charge < -0.3 is 10.5 Å². The molecule has 0 saturated carbocycles. The highest BCUT2D eigenvalue weighted by molar-refractivity contribution is 5.37. The van der Waals surface area contributed by atoms with E-state index in [1.807, 2.05) is 23.7 Å². The first kappa shape index (κ1) is 13.5. The Labute approximate surface area is 113 Å². The van der Waals surface area contributed by atoms with Crippen LogP contribution in [0.3, 0.4) is 0 Å². The van der Waals surface area contributed by atoms with E-state index in [0.29, 0.717) is 13.2 Å². The minimum Gasteiger partial charge on any atom is -0.485 e. The third-order valence-electron chi connectivity index (χ3n) is 2.98. The summed E-state index contributed by atoms with van der Waals surface area (Å²) in [5.74, 6) is 1.71. The fourth-order valence-corrected chi connectivity index (χ4v) is 2.01. The zero-order valence-corrected chi connectivity index (χ0v) is 11.5. The van der Waals surface area contributed by atoms with Crippen molar-refractivity contribution in [3.05, 3.63) is 41.5 Å². The lowest BCUT2D eigenvalue weighted by Crippen LogP contribution is -2.09. The standard InChI is InChI=1S/C14H20N4O/c1-3-18-14(16-10-17-18)9-19-13-5-4-11(2)8-12(13)6-7-15/h4-5,8,10H,3,6-7,9,15H2,1-2H3. The Morgan fingerprint density at radius 1 is 1.37 bits per heavy atom. The first-order valence-corrected chi connectivity index (χ1v) is 6.53. The van der Waals surface area contributed by atoms with Gasteiger partial charge in [0.15, 0.2) is 5.82 Å². The average Bonchev–Trinajstić information content (AvgIpc) is 2.85. The Bertz CT molecular complexity index is 536. The highest BCUT2D eigenvalue weighted by Gasteiger charge is 2.07. The first-order valence-electron chi connectivity index (χ1n) is 6.53. The number of hydrogen-bond acceptors (Lipinski definition) is 4. The van der Waals surface area contributed by atoms with Crippen LogP contribution in [0, 0.1) is 6.92 Å². The summed E-state index contributed by atoms with van der Waals surface area (Å²) in [5, 5.41) is 4.13. The quantitative estimate of drug-likeness (QED) is 0.858. The predicted molar refractivity (Wildman–Crippen MR) is 74.0 cm³/mol. The van der Waals surface area contributed by atoms with Crippen molar-refractivity contribution in [1.82, 2.24) is 14.8 Å². The Morgan fingerprint density at radius 2 is 2.21 bits per heavy atom. The number of aryl methyl sites for hydroxylation is 2. The van der Waals surface area contributed by atoms with Crippen LogP contribution in [0.15, 0.2) is 24.5 Å². The molecule has 0 aliphatic heterocycles. The fraction of sp³-hybridized carbons (Fsp3) is 0.429. The van der Waals surface area contributed by atoms with Crippen LogP contribution in [0.1, 0.15) is 23.9 Å². The molecule has 5 heteroatoms. The Hall–Kier alpha value is -1.88. The monoisotopic (exact) mass is 260 g/mol. The van der Waals surface area contributed by atoms with Crippen LogP contribution < -0.4 is 10.5 Å². The molecule has 1 aromatic carbocycles. The zero-order valence-electron chi connectivity index (χ0n) is 11.5. The second-order valence-corrected chi connectivity index (χ2v) is 4.43.